The minimum absolute atomic E-state index is 0.0908. The zero-order valence-electron chi connectivity index (χ0n) is 15.1. The van der Waals surface area contributed by atoms with Gasteiger partial charge in [-0.05, 0) is 25.7 Å². The highest BCUT2D eigenvalue weighted by molar-refractivity contribution is 8.00. The second-order valence-corrected chi connectivity index (χ2v) is 8.18. The third-order valence-electron chi connectivity index (χ3n) is 4.96. The number of nitrogens with one attached hydrogen (secondary N) is 1. The first kappa shape index (κ1) is 18.0. The van der Waals surface area contributed by atoms with Crippen LogP contribution in [0.1, 0.15) is 39.5 Å². The van der Waals surface area contributed by atoms with Crippen molar-refractivity contribution in [3.63, 3.8) is 0 Å². The molecule has 1 heterocycles. The molecule has 1 aliphatic rings. The number of benzene rings is 1. The molecule has 1 fully saturated rings. The van der Waals surface area contributed by atoms with Gasteiger partial charge in [0, 0.05) is 18.7 Å². The van der Waals surface area contributed by atoms with Crippen LogP contribution in [-0.4, -0.2) is 32.0 Å². The molecule has 134 valence electrons. The number of thioether (sulfide) groups is 1. The average molecular weight is 359 g/mol. The van der Waals surface area contributed by atoms with Gasteiger partial charge in [0.05, 0.1) is 5.25 Å². The maximum atomic E-state index is 12.6. The number of carbonyl (C=O) groups is 1. The third kappa shape index (κ3) is 4.24. The first-order valence-corrected chi connectivity index (χ1v) is 9.86. The van der Waals surface area contributed by atoms with Crippen LogP contribution in [-0.2, 0) is 11.8 Å². The molecule has 3 atom stereocenters. The van der Waals surface area contributed by atoms with Crippen LogP contribution in [0.5, 0.6) is 0 Å². The summed E-state index contributed by atoms with van der Waals surface area (Å²) in [5.74, 6) is 1.47. The Balaban J connectivity index is 1.64. The average Bonchev–Trinajstić information content (AvgIpc) is 2.98. The Bertz CT molecular complexity index is 715. The normalized spacial score (nSPS) is 21.7. The molecule has 1 saturated carbocycles. The monoisotopic (exact) mass is 358 g/mol. The lowest BCUT2D eigenvalue weighted by atomic mass is 9.86. The fourth-order valence-corrected chi connectivity index (χ4v) is 4.12. The molecular formula is C19H26N4OS. The molecule has 0 spiro atoms. The Labute approximate surface area is 153 Å². The van der Waals surface area contributed by atoms with Crippen LogP contribution in [0.3, 0.4) is 0 Å². The van der Waals surface area contributed by atoms with Gasteiger partial charge in [0.15, 0.2) is 11.0 Å². The molecule has 2 aromatic rings. The van der Waals surface area contributed by atoms with E-state index in [2.05, 4.69) is 22.4 Å². The van der Waals surface area contributed by atoms with Crippen molar-refractivity contribution in [1.82, 2.24) is 20.1 Å². The first-order valence-electron chi connectivity index (χ1n) is 8.98. The number of amides is 1. The minimum Gasteiger partial charge on any atom is -0.352 e. The fourth-order valence-electron chi connectivity index (χ4n) is 3.30. The number of carbonyl (C=O) groups excluding carboxylic acids is 1. The number of rotatable bonds is 5. The highest BCUT2D eigenvalue weighted by Crippen LogP contribution is 2.27. The van der Waals surface area contributed by atoms with Gasteiger partial charge in [-0.25, -0.2) is 0 Å². The second kappa shape index (κ2) is 8.04. The van der Waals surface area contributed by atoms with Crippen LogP contribution >= 0.6 is 11.8 Å². The van der Waals surface area contributed by atoms with Crippen LogP contribution in [0.15, 0.2) is 35.5 Å². The standard InChI is InChI=1S/C19H26N4OS/c1-13-9-7-8-12-16(13)20-18(24)14(2)25-19-22-21-17(23(19)3)15-10-5-4-6-11-15/h4-6,10-11,13-14,16H,7-9,12H2,1-3H3,(H,20,24). The number of hydrogen-bond donors (Lipinski definition) is 1. The summed E-state index contributed by atoms with van der Waals surface area (Å²) in [7, 11) is 1.94. The molecule has 0 radical (unpaired) electrons. The zero-order valence-corrected chi connectivity index (χ0v) is 15.9. The molecule has 1 aromatic carbocycles. The molecule has 25 heavy (non-hydrogen) atoms. The summed E-state index contributed by atoms with van der Waals surface area (Å²) in [6, 6.07) is 10.3. The number of nitrogens with zero attached hydrogens (tertiary/aromatic N) is 3. The van der Waals surface area contributed by atoms with Crippen molar-refractivity contribution in [3.8, 4) is 11.4 Å². The Hall–Kier alpha value is -1.82. The Morgan fingerprint density at radius 2 is 1.96 bits per heavy atom. The molecule has 1 aromatic heterocycles. The largest absolute Gasteiger partial charge is 0.352 e. The molecule has 0 saturated heterocycles. The van der Waals surface area contributed by atoms with E-state index in [0.29, 0.717) is 12.0 Å². The van der Waals surface area contributed by atoms with E-state index in [0.717, 1.165) is 23.0 Å². The van der Waals surface area contributed by atoms with Gasteiger partial charge in [-0.3, -0.25) is 4.79 Å². The molecular weight excluding hydrogens is 332 g/mol. The summed E-state index contributed by atoms with van der Waals surface area (Å²) in [6.07, 6.45) is 4.78. The number of hydrogen-bond acceptors (Lipinski definition) is 4. The van der Waals surface area contributed by atoms with Crippen molar-refractivity contribution in [2.45, 2.75) is 56.0 Å². The summed E-state index contributed by atoms with van der Waals surface area (Å²) in [5.41, 5.74) is 1.03. The van der Waals surface area contributed by atoms with Gasteiger partial charge in [0.2, 0.25) is 5.91 Å². The molecule has 6 heteroatoms. The molecule has 1 aliphatic carbocycles. The summed E-state index contributed by atoms with van der Waals surface area (Å²) in [5, 5.41) is 12.4. The van der Waals surface area contributed by atoms with E-state index in [1.54, 1.807) is 0 Å². The van der Waals surface area contributed by atoms with E-state index in [-0.39, 0.29) is 11.2 Å². The summed E-state index contributed by atoms with van der Waals surface area (Å²) >= 11 is 1.46. The topological polar surface area (TPSA) is 59.8 Å². The molecule has 3 unspecified atom stereocenters. The van der Waals surface area contributed by atoms with E-state index in [4.69, 9.17) is 0 Å². The summed E-state index contributed by atoms with van der Waals surface area (Å²) in [6.45, 7) is 4.17. The van der Waals surface area contributed by atoms with E-state index in [1.807, 2.05) is 48.9 Å². The highest BCUT2D eigenvalue weighted by Gasteiger charge is 2.26. The van der Waals surface area contributed by atoms with Gasteiger partial charge in [0.25, 0.3) is 0 Å². The quantitative estimate of drug-likeness (QED) is 0.829. The van der Waals surface area contributed by atoms with Crippen LogP contribution in [0, 0.1) is 5.92 Å². The van der Waals surface area contributed by atoms with E-state index >= 15 is 0 Å². The van der Waals surface area contributed by atoms with Crippen molar-refractivity contribution in [2.24, 2.45) is 13.0 Å². The lowest BCUT2D eigenvalue weighted by Crippen LogP contribution is -2.44. The maximum absolute atomic E-state index is 12.6. The Kier molecular flexibility index (Phi) is 5.78. The molecule has 3 rings (SSSR count). The van der Waals surface area contributed by atoms with Gasteiger partial charge in [0.1, 0.15) is 0 Å². The molecule has 5 nitrogen and oxygen atoms in total. The minimum atomic E-state index is -0.194. The maximum Gasteiger partial charge on any atom is 0.233 e. The van der Waals surface area contributed by atoms with Gasteiger partial charge in [-0.2, -0.15) is 0 Å². The Morgan fingerprint density at radius 3 is 2.68 bits per heavy atom. The van der Waals surface area contributed by atoms with Crippen molar-refractivity contribution in [3.05, 3.63) is 30.3 Å². The summed E-state index contributed by atoms with van der Waals surface area (Å²) < 4.78 is 1.95. The molecule has 1 amide bonds. The van der Waals surface area contributed by atoms with Crippen LogP contribution in [0.2, 0.25) is 0 Å². The van der Waals surface area contributed by atoms with E-state index in [9.17, 15) is 4.79 Å². The van der Waals surface area contributed by atoms with Crippen LogP contribution < -0.4 is 5.32 Å². The lowest BCUT2D eigenvalue weighted by Gasteiger charge is -2.30. The molecule has 1 N–H and O–H groups in total. The van der Waals surface area contributed by atoms with Crippen LogP contribution in [0.25, 0.3) is 11.4 Å². The zero-order chi connectivity index (χ0) is 17.8. The van der Waals surface area contributed by atoms with Crippen molar-refractivity contribution in [2.75, 3.05) is 0 Å². The number of aromatic nitrogens is 3. The predicted octanol–water partition coefficient (Wildman–Crippen LogP) is 3.66. The van der Waals surface area contributed by atoms with Crippen molar-refractivity contribution < 1.29 is 4.79 Å². The SMILES string of the molecule is CC(Sc1nnc(-c2ccccc2)n1C)C(=O)NC1CCCCC1C. The van der Waals surface area contributed by atoms with Crippen molar-refractivity contribution >= 4 is 17.7 Å². The predicted molar refractivity (Wildman–Crippen MR) is 101 cm³/mol. The second-order valence-electron chi connectivity index (χ2n) is 6.87. The summed E-state index contributed by atoms with van der Waals surface area (Å²) in [4.78, 5) is 12.6. The fraction of sp³-hybridized carbons (Fsp3) is 0.526. The highest BCUT2D eigenvalue weighted by atomic mass is 32.2. The smallest absolute Gasteiger partial charge is 0.233 e. The van der Waals surface area contributed by atoms with E-state index < -0.39 is 0 Å². The van der Waals surface area contributed by atoms with Crippen molar-refractivity contribution in [1.29, 1.82) is 0 Å². The Morgan fingerprint density at radius 1 is 1.24 bits per heavy atom. The lowest BCUT2D eigenvalue weighted by molar-refractivity contribution is -0.121. The first-order chi connectivity index (χ1) is 12.1. The van der Waals surface area contributed by atoms with Gasteiger partial charge >= 0.3 is 0 Å². The molecule has 0 bridgehead atoms. The molecule has 0 aliphatic heterocycles. The van der Waals surface area contributed by atoms with Gasteiger partial charge < -0.3 is 9.88 Å². The van der Waals surface area contributed by atoms with Gasteiger partial charge in [-0.1, -0.05) is 61.9 Å². The van der Waals surface area contributed by atoms with E-state index in [1.165, 1.54) is 31.0 Å². The third-order valence-corrected chi connectivity index (χ3v) is 6.09. The van der Waals surface area contributed by atoms with Gasteiger partial charge in [-0.15, -0.1) is 10.2 Å². The van der Waals surface area contributed by atoms with Crippen LogP contribution in [0.4, 0.5) is 0 Å².